The molecule has 2 atom stereocenters. The molecule has 1 amide bonds. The van der Waals surface area contributed by atoms with Crippen molar-refractivity contribution in [3.63, 3.8) is 0 Å². The van der Waals surface area contributed by atoms with E-state index >= 15 is 0 Å². The van der Waals surface area contributed by atoms with Crippen LogP contribution >= 0.6 is 0 Å². The van der Waals surface area contributed by atoms with Gasteiger partial charge in [-0.25, -0.2) is 0 Å². The lowest BCUT2D eigenvalue weighted by Crippen LogP contribution is -2.40. The normalized spacial score (nSPS) is 25.6. The van der Waals surface area contributed by atoms with Gasteiger partial charge in [0.2, 0.25) is 5.91 Å². The first-order chi connectivity index (χ1) is 8.37. The molecule has 0 spiro atoms. The molecule has 2 N–H and O–H groups in total. The molecule has 1 fully saturated rings. The van der Waals surface area contributed by atoms with E-state index in [0.717, 1.165) is 25.3 Å². The topological polar surface area (TPSA) is 41.1 Å². The molecule has 18 heavy (non-hydrogen) atoms. The molecule has 0 aromatic rings. The number of rotatable bonds is 4. The molecule has 0 aromatic carbocycles. The lowest BCUT2D eigenvalue weighted by molar-refractivity contribution is -0.121. The van der Waals surface area contributed by atoms with Crippen LogP contribution in [0.3, 0.4) is 0 Å². The molecule has 0 aromatic heterocycles. The first kappa shape index (κ1) is 15.5. The molecule has 0 saturated heterocycles. The predicted molar refractivity (Wildman–Crippen MR) is 76.6 cm³/mol. The summed E-state index contributed by atoms with van der Waals surface area (Å²) in [7, 11) is 0. The van der Waals surface area contributed by atoms with Gasteiger partial charge in [0, 0.05) is 24.5 Å². The summed E-state index contributed by atoms with van der Waals surface area (Å²) in [5.74, 6) is 1.03. The second kappa shape index (κ2) is 7.13. The Labute approximate surface area is 112 Å². The average Bonchev–Trinajstić information content (AvgIpc) is 2.42. The highest BCUT2D eigenvalue weighted by Gasteiger charge is 2.18. The van der Waals surface area contributed by atoms with Crippen LogP contribution in [0.4, 0.5) is 0 Å². The summed E-state index contributed by atoms with van der Waals surface area (Å²) in [4.78, 5) is 11.8. The van der Waals surface area contributed by atoms with Gasteiger partial charge in [0.05, 0.1) is 0 Å². The van der Waals surface area contributed by atoms with Gasteiger partial charge < -0.3 is 10.6 Å². The molecule has 1 rings (SSSR count). The molecule has 3 heteroatoms. The van der Waals surface area contributed by atoms with Crippen LogP contribution < -0.4 is 10.6 Å². The third kappa shape index (κ3) is 7.00. The number of hydrogen-bond donors (Lipinski definition) is 2. The average molecular weight is 254 g/mol. The fourth-order valence-electron chi connectivity index (χ4n) is 2.48. The van der Waals surface area contributed by atoms with Crippen molar-refractivity contribution in [3.05, 3.63) is 0 Å². The fraction of sp³-hybridized carbons (Fsp3) is 0.933. The number of nitrogens with one attached hydrogen (secondary N) is 2. The summed E-state index contributed by atoms with van der Waals surface area (Å²) < 4.78 is 0. The predicted octanol–water partition coefficient (Wildman–Crippen LogP) is 2.85. The molecule has 1 saturated carbocycles. The van der Waals surface area contributed by atoms with Gasteiger partial charge in [-0.2, -0.15) is 0 Å². The molecule has 0 heterocycles. The molecule has 106 valence electrons. The highest BCUT2D eigenvalue weighted by Crippen LogP contribution is 2.22. The van der Waals surface area contributed by atoms with Gasteiger partial charge in [-0.3, -0.25) is 4.79 Å². The van der Waals surface area contributed by atoms with Gasteiger partial charge in [-0.1, -0.05) is 19.8 Å². The summed E-state index contributed by atoms with van der Waals surface area (Å²) in [6.45, 7) is 9.45. The van der Waals surface area contributed by atoms with Crippen molar-refractivity contribution >= 4 is 5.91 Å². The molecule has 3 nitrogen and oxygen atoms in total. The van der Waals surface area contributed by atoms with Crippen molar-refractivity contribution in [3.8, 4) is 0 Å². The SMILES string of the molecule is CC1CCCC(NC(=O)CCNC(C)(C)C)CC1. The second-order valence-corrected chi connectivity index (χ2v) is 6.80. The minimum Gasteiger partial charge on any atom is -0.353 e. The zero-order valence-electron chi connectivity index (χ0n) is 12.5. The Morgan fingerprint density at radius 3 is 2.56 bits per heavy atom. The molecule has 1 aliphatic carbocycles. The highest BCUT2D eigenvalue weighted by atomic mass is 16.1. The standard InChI is InChI=1S/C15H30N2O/c1-12-6-5-7-13(9-8-12)17-14(18)10-11-16-15(2,3)4/h12-13,16H,5-11H2,1-4H3,(H,17,18). The van der Waals surface area contributed by atoms with Crippen molar-refractivity contribution in [2.75, 3.05) is 6.54 Å². The fourth-order valence-corrected chi connectivity index (χ4v) is 2.48. The third-order valence-electron chi connectivity index (χ3n) is 3.63. The van der Waals surface area contributed by atoms with Crippen LogP contribution in [0, 0.1) is 5.92 Å². The summed E-state index contributed by atoms with van der Waals surface area (Å²) in [6, 6.07) is 0.414. The summed E-state index contributed by atoms with van der Waals surface area (Å²) >= 11 is 0. The van der Waals surface area contributed by atoms with Crippen LogP contribution in [0.5, 0.6) is 0 Å². The van der Waals surface area contributed by atoms with Gasteiger partial charge in [-0.05, 0) is 46.0 Å². The lowest BCUT2D eigenvalue weighted by atomic mass is 10.0. The van der Waals surface area contributed by atoms with E-state index in [9.17, 15) is 4.79 Å². The smallest absolute Gasteiger partial charge is 0.221 e. The zero-order chi connectivity index (χ0) is 13.6. The molecule has 2 unspecified atom stereocenters. The van der Waals surface area contributed by atoms with Crippen LogP contribution in [-0.4, -0.2) is 24.0 Å². The Bertz CT molecular complexity index is 258. The molecule has 0 bridgehead atoms. The van der Waals surface area contributed by atoms with Crippen molar-refractivity contribution in [1.82, 2.24) is 10.6 Å². The lowest BCUT2D eigenvalue weighted by Gasteiger charge is -2.21. The second-order valence-electron chi connectivity index (χ2n) is 6.80. The Morgan fingerprint density at radius 1 is 1.17 bits per heavy atom. The number of carbonyl (C=O) groups is 1. The Morgan fingerprint density at radius 2 is 1.89 bits per heavy atom. The minimum atomic E-state index is 0.0953. The van der Waals surface area contributed by atoms with Gasteiger partial charge in [0.15, 0.2) is 0 Å². The number of carbonyl (C=O) groups excluding carboxylic acids is 1. The van der Waals surface area contributed by atoms with Gasteiger partial charge in [-0.15, -0.1) is 0 Å². The molecule has 0 radical (unpaired) electrons. The molecular formula is C15H30N2O. The van der Waals surface area contributed by atoms with Gasteiger partial charge in [0.1, 0.15) is 0 Å². The first-order valence-electron chi connectivity index (χ1n) is 7.41. The van der Waals surface area contributed by atoms with Gasteiger partial charge in [0.25, 0.3) is 0 Å². The van der Waals surface area contributed by atoms with E-state index in [1.54, 1.807) is 0 Å². The van der Waals surface area contributed by atoms with E-state index in [2.05, 4.69) is 38.3 Å². The van der Waals surface area contributed by atoms with Crippen LogP contribution in [0.25, 0.3) is 0 Å². The zero-order valence-corrected chi connectivity index (χ0v) is 12.5. The summed E-state index contributed by atoms with van der Waals surface area (Å²) in [5, 5.41) is 6.54. The van der Waals surface area contributed by atoms with E-state index in [0.29, 0.717) is 12.5 Å². The van der Waals surface area contributed by atoms with Crippen molar-refractivity contribution in [2.24, 2.45) is 5.92 Å². The van der Waals surface area contributed by atoms with Crippen LogP contribution in [0.2, 0.25) is 0 Å². The van der Waals surface area contributed by atoms with Crippen molar-refractivity contribution in [2.45, 2.75) is 77.8 Å². The molecule has 0 aliphatic heterocycles. The quantitative estimate of drug-likeness (QED) is 0.757. The molecule has 1 aliphatic rings. The number of amides is 1. The monoisotopic (exact) mass is 254 g/mol. The number of hydrogen-bond acceptors (Lipinski definition) is 2. The van der Waals surface area contributed by atoms with E-state index in [1.165, 1.54) is 19.3 Å². The maximum Gasteiger partial charge on any atom is 0.221 e. The maximum absolute atomic E-state index is 11.8. The van der Waals surface area contributed by atoms with E-state index < -0.39 is 0 Å². The minimum absolute atomic E-state index is 0.0953. The highest BCUT2D eigenvalue weighted by molar-refractivity contribution is 5.76. The van der Waals surface area contributed by atoms with Crippen molar-refractivity contribution in [1.29, 1.82) is 0 Å². The van der Waals surface area contributed by atoms with Crippen LogP contribution in [-0.2, 0) is 4.79 Å². The maximum atomic E-state index is 11.8. The Hall–Kier alpha value is -0.570. The largest absolute Gasteiger partial charge is 0.353 e. The van der Waals surface area contributed by atoms with Crippen LogP contribution in [0.15, 0.2) is 0 Å². The van der Waals surface area contributed by atoms with Crippen LogP contribution in [0.1, 0.15) is 66.2 Å². The van der Waals surface area contributed by atoms with E-state index in [-0.39, 0.29) is 11.4 Å². The van der Waals surface area contributed by atoms with E-state index in [4.69, 9.17) is 0 Å². The first-order valence-corrected chi connectivity index (χ1v) is 7.41. The summed E-state index contributed by atoms with van der Waals surface area (Å²) in [5.41, 5.74) is 0.0953. The van der Waals surface area contributed by atoms with E-state index in [1.807, 2.05) is 0 Å². The third-order valence-corrected chi connectivity index (χ3v) is 3.63. The Kier molecular flexibility index (Phi) is 6.13. The van der Waals surface area contributed by atoms with Gasteiger partial charge >= 0.3 is 0 Å². The van der Waals surface area contributed by atoms with Crippen molar-refractivity contribution < 1.29 is 4.79 Å². The Balaban J connectivity index is 2.19. The summed E-state index contributed by atoms with van der Waals surface area (Å²) in [6.07, 6.45) is 6.72. The molecular weight excluding hydrogens is 224 g/mol.